The Kier molecular flexibility index (Phi) is 6.61. The maximum Gasteiger partial charge on any atom is 0.330 e. The summed E-state index contributed by atoms with van der Waals surface area (Å²) < 4.78 is 10.6. The number of carbonyl (C=O) groups excluding carboxylic acids is 2. The number of nitrogens with one attached hydrogen (secondary N) is 1. The fourth-order valence-corrected chi connectivity index (χ4v) is 3.55. The van der Waals surface area contributed by atoms with Gasteiger partial charge in [-0.15, -0.1) is 0 Å². The van der Waals surface area contributed by atoms with Gasteiger partial charge in [0.25, 0.3) is 0 Å². The molecule has 2 aliphatic carbocycles. The normalized spacial score (nSPS) is 19.0. The zero-order chi connectivity index (χ0) is 19.1. The monoisotopic (exact) mass is 372 g/mol. The van der Waals surface area contributed by atoms with E-state index in [4.69, 9.17) is 9.47 Å². The number of hydrogen-bond donors (Lipinski definition) is 1. The number of nitrogens with zero attached hydrogens (tertiary/aromatic N) is 1. The Hall–Kier alpha value is -2.21. The van der Waals surface area contributed by atoms with Crippen molar-refractivity contribution in [2.45, 2.75) is 70.1 Å². The summed E-state index contributed by atoms with van der Waals surface area (Å²) in [4.78, 5) is 28.6. The second kappa shape index (κ2) is 9.13. The van der Waals surface area contributed by atoms with Gasteiger partial charge < -0.3 is 9.47 Å². The molecule has 0 amide bonds. The summed E-state index contributed by atoms with van der Waals surface area (Å²) in [5.41, 5.74) is 0.931. The number of esters is 2. The molecule has 0 aliphatic heterocycles. The highest BCUT2D eigenvalue weighted by Crippen LogP contribution is 2.35. The Morgan fingerprint density at radius 3 is 2.70 bits per heavy atom. The van der Waals surface area contributed by atoms with Crippen LogP contribution in [0.2, 0.25) is 0 Å². The summed E-state index contributed by atoms with van der Waals surface area (Å²) in [5, 5.41) is 3.38. The number of aromatic nitrogens is 1. The molecule has 2 fully saturated rings. The summed E-state index contributed by atoms with van der Waals surface area (Å²) in [7, 11) is 0. The lowest BCUT2D eigenvalue weighted by Crippen LogP contribution is -2.58. The number of ether oxygens (including phenoxy) is 2. The van der Waals surface area contributed by atoms with Crippen molar-refractivity contribution in [2.75, 3.05) is 6.61 Å². The molecule has 146 valence electrons. The third-order valence-electron chi connectivity index (χ3n) is 5.29. The van der Waals surface area contributed by atoms with Crippen LogP contribution in [0.4, 0.5) is 0 Å². The van der Waals surface area contributed by atoms with Gasteiger partial charge in [0.2, 0.25) is 0 Å². The van der Waals surface area contributed by atoms with Crippen molar-refractivity contribution in [1.82, 2.24) is 10.3 Å². The van der Waals surface area contributed by atoms with Crippen molar-refractivity contribution in [2.24, 2.45) is 0 Å². The fraction of sp³-hybridized carbons (Fsp3) is 0.571. The average molecular weight is 372 g/mol. The number of carbonyl (C=O) groups is 2. The van der Waals surface area contributed by atoms with Crippen LogP contribution in [0.1, 0.15) is 63.3 Å². The first kappa shape index (κ1) is 19.5. The van der Waals surface area contributed by atoms with Crippen LogP contribution in [0.3, 0.4) is 0 Å². The Labute approximate surface area is 160 Å². The summed E-state index contributed by atoms with van der Waals surface area (Å²) >= 11 is 0. The Morgan fingerprint density at radius 1 is 1.26 bits per heavy atom. The van der Waals surface area contributed by atoms with E-state index in [0.29, 0.717) is 18.8 Å². The van der Waals surface area contributed by atoms with E-state index >= 15 is 0 Å². The van der Waals surface area contributed by atoms with Gasteiger partial charge in [-0.1, -0.05) is 6.07 Å². The number of rotatable bonds is 8. The van der Waals surface area contributed by atoms with E-state index in [9.17, 15) is 9.59 Å². The predicted molar refractivity (Wildman–Crippen MR) is 102 cm³/mol. The average Bonchev–Trinajstić information content (AvgIpc) is 3.13. The van der Waals surface area contributed by atoms with Gasteiger partial charge in [-0.3, -0.25) is 15.1 Å². The zero-order valence-electron chi connectivity index (χ0n) is 15.9. The van der Waals surface area contributed by atoms with Crippen LogP contribution in [0.5, 0.6) is 0 Å². The summed E-state index contributed by atoms with van der Waals surface area (Å²) in [6.45, 7) is 2.60. The number of hydrogen-bond acceptors (Lipinski definition) is 6. The maximum absolute atomic E-state index is 12.7. The predicted octanol–water partition coefficient (Wildman–Crippen LogP) is 3.16. The first-order valence-electron chi connectivity index (χ1n) is 9.88. The summed E-state index contributed by atoms with van der Waals surface area (Å²) in [6.07, 6.45) is 10.00. The molecule has 6 nitrogen and oxygen atoms in total. The van der Waals surface area contributed by atoms with Gasteiger partial charge in [-0.2, -0.15) is 0 Å². The van der Waals surface area contributed by atoms with Crippen molar-refractivity contribution in [3.05, 3.63) is 35.7 Å². The highest BCUT2D eigenvalue weighted by Gasteiger charge is 2.46. The largest absolute Gasteiger partial charge is 0.463 e. The minimum Gasteiger partial charge on any atom is -0.463 e. The van der Waals surface area contributed by atoms with Gasteiger partial charge in [-0.25, -0.2) is 4.79 Å². The van der Waals surface area contributed by atoms with E-state index in [2.05, 4.69) is 10.3 Å². The van der Waals surface area contributed by atoms with Gasteiger partial charge in [0.1, 0.15) is 11.6 Å². The topological polar surface area (TPSA) is 77.5 Å². The molecule has 6 heteroatoms. The molecule has 27 heavy (non-hydrogen) atoms. The van der Waals surface area contributed by atoms with Crippen LogP contribution >= 0.6 is 0 Å². The molecule has 0 bridgehead atoms. The second-order valence-electron chi connectivity index (χ2n) is 7.24. The van der Waals surface area contributed by atoms with Crippen LogP contribution in [-0.2, 0) is 25.6 Å². The molecule has 1 aromatic heterocycles. The van der Waals surface area contributed by atoms with Gasteiger partial charge in [0.15, 0.2) is 0 Å². The molecule has 1 heterocycles. The van der Waals surface area contributed by atoms with Gasteiger partial charge in [0, 0.05) is 12.6 Å². The lowest BCUT2D eigenvalue weighted by molar-refractivity contribution is -0.161. The first-order valence-corrected chi connectivity index (χ1v) is 9.88. The molecule has 2 saturated carbocycles. The van der Waals surface area contributed by atoms with Gasteiger partial charge in [-0.05, 0) is 70.1 Å². The van der Waals surface area contributed by atoms with E-state index in [-0.39, 0.29) is 18.0 Å². The fourth-order valence-electron chi connectivity index (χ4n) is 3.55. The minimum atomic E-state index is -0.568. The van der Waals surface area contributed by atoms with Gasteiger partial charge >= 0.3 is 11.9 Å². The van der Waals surface area contributed by atoms with E-state index in [1.807, 2.05) is 18.2 Å². The van der Waals surface area contributed by atoms with Crippen LogP contribution in [0.25, 0.3) is 6.08 Å². The Bertz CT molecular complexity index is 691. The summed E-state index contributed by atoms with van der Waals surface area (Å²) in [6, 6.07) is 5.62. The molecule has 0 atom stereocenters. The molecule has 0 spiro atoms. The van der Waals surface area contributed by atoms with Crippen molar-refractivity contribution in [1.29, 1.82) is 0 Å². The zero-order valence-corrected chi connectivity index (χ0v) is 15.9. The SMILES string of the molecule is CCOC(=O)/C=C/c1cccc(CNC2(C(=O)OC3CCCC3)CCC2)n1. The highest BCUT2D eigenvalue weighted by atomic mass is 16.5. The Morgan fingerprint density at radius 2 is 2.04 bits per heavy atom. The molecule has 0 unspecified atom stereocenters. The van der Waals surface area contributed by atoms with Crippen LogP contribution in [0.15, 0.2) is 24.3 Å². The Balaban J connectivity index is 1.57. The van der Waals surface area contributed by atoms with E-state index < -0.39 is 5.54 Å². The molecule has 2 aliphatic rings. The van der Waals surface area contributed by atoms with Crippen LogP contribution in [-0.4, -0.2) is 35.2 Å². The molecule has 0 saturated heterocycles. The molecule has 1 N–H and O–H groups in total. The second-order valence-corrected chi connectivity index (χ2v) is 7.24. The van der Waals surface area contributed by atoms with Crippen LogP contribution < -0.4 is 5.32 Å². The van der Waals surface area contributed by atoms with Crippen molar-refractivity contribution in [3.8, 4) is 0 Å². The third kappa shape index (κ3) is 5.16. The smallest absolute Gasteiger partial charge is 0.330 e. The summed E-state index contributed by atoms with van der Waals surface area (Å²) in [5.74, 6) is -0.495. The molecule has 0 radical (unpaired) electrons. The molecular weight excluding hydrogens is 344 g/mol. The molecular formula is C21H28N2O4. The standard InChI is InChI=1S/C21H28N2O4/c1-2-26-19(24)12-11-16-7-5-8-17(23-16)15-22-21(13-6-14-21)20(25)27-18-9-3-4-10-18/h5,7-8,11-12,18,22H,2-4,6,9-10,13-15H2,1H3/b12-11+. The highest BCUT2D eigenvalue weighted by molar-refractivity contribution is 5.86. The lowest BCUT2D eigenvalue weighted by Gasteiger charge is -2.40. The van der Waals surface area contributed by atoms with E-state index in [1.165, 1.54) is 6.08 Å². The van der Waals surface area contributed by atoms with Gasteiger partial charge in [0.05, 0.1) is 18.0 Å². The first-order chi connectivity index (χ1) is 13.1. The maximum atomic E-state index is 12.7. The van der Waals surface area contributed by atoms with E-state index in [0.717, 1.165) is 50.6 Å². The lowest BCUT2D eigenvalue weighted by atomic mass is 9.76. The quantitative estimate of drug-likeness (QED) is 0.558. The minimum absolute atomic E-state index is 0.0891. The molecule has 3 rings (SSSR count). The van der Waals surface area contributed by atoms with Crippen molar-refractivity contribution in [3.63, 3.8) is 0 Å². The van der Waals surface area contributed by atoms with E-state index in [1.54, 1.807) is 13.0 Å². The van der Waals surface area contributed by atoms with Crippen molar-refractivity contribution >= 4 is 18.0 Å². The number of pyridine rings is 1. The molecule has 0 aromatic carbocycles. The van der Waals surface area contributed by atoms with Crippen LogP contribution in [0, 0.1) is 0 Å². The third-order valence-corrected chi connectivity index (χ3v) is 5.29. The van der Waals surface area contributed by atoms with Crippen molar-refractivity contribution < 1.29 is 19.1 Å². The molecule has 1 aromatic rings.